The number of likely N-dealkylation sites (tertiary alicyclic amines) is 1. The van der Waals surface area contributed by atoms with Gasteiger partial charge in [0.15, 0.2) is 0 Å². The molecule has 1 saturated carbocycles. The van der Waals surface area contributed by atoms with Crippen molar-refractivity contribution in [1.82, 2.24) is 14.9 Å². The second kappa shape index (κ2) is 7.51. The highest BCUT2D eigenvalue weighted by atomic mass is 32.1. The Morgan fingerprint density at radius 3 is 2.70 bits per heavy atom. The van der Waals surface area contributed by atoms with Crippen molar-refractivity contribution in [3.8, 4) is 0 Å². The predicted molar refractivity (Wildman–Crippen MR) is 112 cm³/mol. The first kappa shape index (κ1) is 17.6. The van der Waals surface area contributed by atoms with Gasteiger partial charge in [-0.2, -0.15) is 0 Å². The molecule has 0 amide bonds. The Morgan fingerprint density at radius 1 is 1.07 bits per heavy atom. The fraction of sp³-hybridized carbons (Fsp3) is 0.636. The molecule has 0 aromatic carbocycles. The van der Waals surface area contributed by atoms with Gasteiger partial charge in [0, 0.05) is 35.5 Å². The lowest BCUT2D eigenvalue weighted by Crippen LogP contribution is -2.29. The van der Waals surface area contributed by atoms with E-state index in [9.17, 15) is 0 Å². The van der Waals surface area contributed by atoms with E-state index in [2.05, 4.69) is 34.9 Å². The van der Waals surface area contributed by atoms with Gasteiger partial charge in [0.1, 0.15) is 5.82 Å². The van der Waals surface area contributed by atoms with Crippen molar-refractivity contribution in [3.63, 3.8) is 0 Å². The minimum Gasteiger partial charge on any atom is -0.369 e. The molecule has 1 N–H and O–H groups in total. The van der Waals surface area contributed by atoms with Crippen molar-refractivity contribution in [2.45, 2.75) is 62.7 Å². The van der Waals surface area contributed by atoms with E-state index in [0.717, 1.165) is 12.4 Å². The quantitative estimate of drug-likeness (QED) is 0.815. The second-order valence-corrected chi connectivity index (χ2v) is 9.55. The molecule has 5 heteroatoms. The summed E-state index contributed by atoms with van der Waals surface area (Å²) >= 11 is 1.87. The monoisotopic (exact) mass is 382 g/mol. The Morgan fingerprint density at radius 2 is 1.89 bits per heavy atom. The molecule has 3 aliphatic rings. The first-order valence-corrected chi connectivity index (χ1v) is 11.5. The molecule has 0 bridgehead atoms. The normalized spacial score (nSPS) is 24.7. The summed E-state index contributed by atoms with van der Waals surface area (Å²) in [5, 5.41) is 7.18. The third-order valence-corrected chi connectivity index (χ3v) is 7.85. The minimum atomic E-state index is 0.368. The van der Waals surface area contributed by atoms with Crippen LogP contribution in [0.15, 0.2) is 17.6 Å². The summed E-state index contributed by atoms with van der Waals surface area (Å²) in [4.78, 5) is 12.3. The second-order valence-electron chi connectivity index (χ2n) is 8.66. The molecule has 4 nitrogen and oxygen atoms in total. The van der Waals surface area contributed by atoms with Gasteiger partial charge in [0.05, 0.1) is 10.7 Å². The minimum absolute atomic E-state index is 0.368. The van der Waals surface area contributed by atoms with Gasteiger partial charge < -0.3 is 10.2 Å². The zero-order valence-electron chi connectivity index (χ0n) is 16.3. The first-order valence-electron chi connectivity index (χ1n) is 10.7. The molecule has 1 unspecified atom stereocenters. The Kier molecular flexibility index (Phi) is 4.91. The molecule has 1 aliphatic carbocycles. The van der Waals surface area contributed by atoms with Crippen LogP contribution in [0.25, 0.3) is 0 Å². The third kappa shape index (κ3) is 3.52. The van der Waals surface area contributed by atoms with Crippen LogP contribution in [0.3, 0.4) is 0 Å². The summed E-state index contributed by atoms with van der Waals surface area (Å²) in [6.45, 7) is 3.33. The van der Waals surface area contributed by atoms with Gasteiger partial charge in [0.2, 0.25) is 0 Å². The molecular formula is C22H30N4S. The number of fused-ring (bicyclic) bond motifs is 1. The molecular weight excluding hydrogens is 352 g/mol. The molecule has 4 heterocycles. The smallest absolute Gasteiger partial charge is 0.129 e. The van der Waals surface area contributed by atoms with Crippen LogP contribution in [0.5, 0.6) is 0 Å². The molecule has 5 rings (SSSR count). The lowest BCUT2D eigenvalue weighted by Gasteiger charge is -2.27. The largest absolute Gasteiger partial charge is 0.369 e. The number of pyridine rings is 1. The van der Waals surface area contributed by atoms with Crippen LogP contribution in [0.2, 0.25) is 0 Å². The van der Waals surface area contributed by atoms with E-state index in [1.54, 1.807) is 0 Å². The highest BCUT2D eigenvalue weighted by molar-refractivity contribution is 7.09. The summed E-state index contributed by atoms with van der Waals surface area (Å²) in [7, 11) is 2.22. The maximum absolute atomic E-state index is 5.11. The molecule has 2 aromatic rings. The van der Waals surface area contributed by atoms with Crippen molar-refractivity contribution in [3.05, 3.63) is 39.5 Å². The molecule has 2 fully saturated rings. The average Bonchev–Trinajstić information content (AvgIpc) is 3.35. The number of hydrogen-bond acceptors (Lipinski definition) is 5. The molecule has 0 spiro atoms. The van der Waals surface area contributed by atoms with E-state index in [0.29, 0.717) is 17.8 Å². The number of hydrogen-bond donors (Lipinski definition) is 1. The van der Waals surface area contributed by atoms with E-state index in [1.807, 2.05) is 11.3 Å². The van der Waals surface area contributed by atoms with Gasteiger partial charge >= 0.3 is 0 Å². The summed E-state index contributed by atoms with van der Waals surface area (Å²) < 4.78 is 0. The van der Waals surface area contributed by atoms with Crippen molar-refractivity contribution in [2.75, 3.05) is 32.0 Å². The van der Waals surface area contributed by atoms with Gasteiger partial charge in [-0.25, -0.2) is 9.97 Å². The standard InChI is InChI=1S/C22H30N4S/c1-26-9-7-16(8-10-26)22-25-20(14-27-22)19-13-24-21-18(19)11-17(12-23-21)15-5-3-2-4-6-15/h11-12,14-16,19H,2-10,13H2,1H3,(H,23,24). The molecule has 144 valence electrons. The maximum atomic E-state index is 5.11. The lowest BCUT2D eigenvalue weighted by atomic mass is 9.83. The van der Waals surface area contributed by atoms with Crippen LogP contribution in [-0.2, 0) is 0 Å². The van der Waals surface area contributed by atoms with Gasteiger partial charge in [-0.05, 0) is 63.4 Å². The number of anilines is 1. The Labute approximate surface area is 166 Å². The molecule has 2 aliphatic heterocycles. The van der Waals surface area contributed by atoms with Gasteiger partial charge in [0.25, 0.3) is 0 Å². The number of thiazole rings is 1. The van der Waals surface area contributed by atoms with Crippen LogP contribution in [0.4, 0.5) is 5.82 Å². The van der Waals surface area contributed by atoms with Crippen LogP contribution in [0.1, 0.15) is 84.5 Å². The number of aromatic nitrogens is 2. The molecule has 0 radical (unpaired) electrons. The number of piperidine rings is 1. The summed E-state index contributed by atoms with van der Waals surface area (Å²) in [6.07, 6.45) is 11.4. The average molecular weight is 383 g/mol. The highest BCUT2D eigenvalue weighted by Crippen LogP contribution is 2.40. The van der Waals surface area contributed by atoms with Crippen LogP contribution >= 0.6 is 11.3 Å². The number of nitrogens with one attached hydrogen (secondary N) is 1. The van der Waals surface area contributed by atoms with E-state index in [1.165, 1.54) is 79.9 Å². The molecule has 1 saturated heterocycles. The van der Waals surface area contributed by atoms with Crippen LogP contribution in [-0.4, -0.2) is 41.5 Å². The van der Waals surface area contributed by atoms with E-state index in [-0.39, 0.29) is 0 Å². The SMILES string of the molecule is CN1CCC(c2nc(C3CNc4ncc(C5CCCCC5)cc43)cs2)CC1. The van der Waals surface area contributed by atoms with Crippen LogP contribution in [0, 0.1) is 0 Å². The van der Waals surface area contributed by atoms with Gasteiger partial charge in [-0.15, -0.1) is 11.3 Å². The number of nitrogens with zero attached hydrogens (tertiary/aromatic N) is 3. The fourth-order valence-electron chi connectivity index (χ4n) is 5.05. The van der Waals surface area contributed by atoms with E-state index >= 15 is 0 Å². The van der Waals surface area contributed by atoms with Crippen molar-refractivity contribution >= 4 is 17.2 Å². The zero-order chi connectivity index (χ0) is 18.2. The first-order chi connectivity index (χ1) is 13.3. The fourth-order valence-corrected chi connectivity index (χ4v) is 6.09. The van der Waals surface area contributed by atoms with Gasteiger partial charge in [-0.1, -0.05) is 19.3 Å². The van der Waals surface area contributed by atoms with Gasteiger partial charge in [-0.3, -0.25) is 0 Å². The zero-order valence-corrected chi connectivity index (χ0v) is 17.1. The molecule has 27 heavy (non-hydrogen) atoms. The highest BCUT2D eigenvalue weighted by Gasteiger charge is 2.30. The Balaban J connectivity index is 1.37. The maximum Gasteiger partial charge on any atom is 0.129 e. The third-order valence-electron chi connectivity index (χ3n) is 6.83. The van der Waals surface area contributed by atoms with Crippen molar-refractivity contribution in [1.29, 1.82) is 0 Å². The van der Waals surface area contributed by atoms with Crippen molar-refractivity contribution in [2.24, 2.45) is 0 Å². The molecule has 2 aromatic heterocycles. The van der Waals surface area contributed by atoms with Crippen LogP contribution < -0.4 is 5.32 Å². The van der Waals surface area contributed by atoms with Crippen molar-refractivity contribution < 1.29 is 0 Å². The topological polar surface area (TPSA) is 41.1 Å². The van der Waals surface area contributed by atoms with E-state index in [4.69, 9.17) is 9.97 Å². The molecule has 1 atom stereocenters. The number of rotatable bonds is 3. The Bertz CT molecular complexity index is 787. The van der Waals surface area contributed by atoms with E-state index < -0.39 is 0 Å². The summed E-state index contributed by atoms with van der Waals surface area (Å²) in [6, 6.07) is 2.44. The summed E-state index contributed by atoms with van der Waals surface area (Å²) in [5.74, 6) is 2.81. The predicted octanol–water partition coefficient (Wildman–Crippen LogP) is 4.95. The Hall–Kier alpha value is -1.46. The summed E-state index contributed by atoms with van der Waals surface area (Å²) in [5.41, 5.74) is 4.08. The lowest BCUT2D eigenvalue weighted by molar-refractivity contribution is 0.255.